The third kappa shape index (κ3) is 4.95. The van der Waals surface area contributed by atoms with E-state index < -0.39 is 0 Å². The summed E-state index contributed by atoms with van der Waals surface area (Å²) >= 11 is 0. The molecule has 3 rings (SSSR count). The zero-order valence-electron chi connectivity index (χ0n) is 17.9. The van der Waals surface area contributed by atoms with E-state index in [1.54, 1.807) is 11.8 Å². The van der Waals surface area contributed by atoms with E-state index in [2.05, 4.69) is 12.0 Å². The van der Waals surface area contributed by atoms with Crippen LogP contribution in [0.3, 0.4) is 0 Å². The summed E-state index contributed by atoms with van der Waals surface area (Å²) in [4.78, 5) is 19.6. The van der Waals surface area contributed by atoms with Crippen LogP contribution in [0.1, 0.15) is 49.4 Å². The molecule has 0 aromatic carbocycles. The molecule has 2 unspecified atom stereocenters. The van der Waals surface area contributed by atoms with E-state index in [1.807, 2.05) is 25.8 Å². The highest BCUT2D eigenvalue weighted by Gasteiger charge is 2.29. The number of fused-ring (bicyclic) bond motifs is 1. The Labute approximate surface area is 185 Å². The Morgan fingerprint density at radius 2 is 2.00 bits per heavy atom. The number of hydrogen-bond acceptors (Lipinski definition) is 5. The van der Waals surface area contributed by atoms with Crippen LogP contribution in [0.2, 0.25) is 0 Å². The molecule has 0 aliphatic carbocycles. The molecule has 1 aliphatic heterocycles. The van der Waals surface area contributed by atoms with Gasteiger partial charge in [-0.2, -0.15) is 0 Å². The van der Waals surface area contributed by atoms with Crippen LogP contribution in [-0.4, -0.2) is 51.3 Å². The Bertz CT molecular complexity index is 853. The first kappa shape index (κ1) is 25.5. The van der Waals surface area contributed by atoms with Gasteiger partial charge in [0.25, 0.3) is 0 Å². The standard InChI is InChI=1S/C20H31N5O2.2ClH/c1-12-15(14(3)22-19-18(12)20(27-5)23-24(19)4)9-10-17(26)25-11-7-6-8-16(25)13(2)21;;/h13,16H,6-11,21H2,1-5H3;2*1H. The Morgan fingerprint density at radius 3 is 2.62 bits per heavy atom. The lowest BCUT2D eigenvalue weighted by molar-refractivity contribution is -0.135. The number of carbonyl (C=O) groups excluding carboxylic acids is 1. The average molecular weight is 446 g/mol. The molecule has 3 heterocycles. The summed E-state index contributed by atoms with van der Waals surface area (Å²) in [5, 5.41) is 5.32. The van der Waals surface area contributed by atoms with Crippen molar-refractivity contribution in [1.29, 1.82) is 0 Å². The Hall–Kier alpha value is -1.57. The first-order chi connectivity index (χ1) is 12.8. The van der Waals surface area contributed by atoms with Crippen LogP contribution >= 0.6 is 24.8 Å². The van der Waals surface area contributed by atoms with Gasteiger partial charge in [0.15, 0.2) is 5.65 Å². The quantitative estimate of drug-likeness (QED) is 0.763. The molecule has 7 nitrogen and oxygen atoms in total. The summed E-state index contributed by atoms with van der Waals surface area (Å²) in [6, 6.07) is 0.169. The van der Waals surface area contributed by atoms with Crippen molar-refractivity contribution in [2.24, 2.45) is 12.8 Å². The first-order valence-corrected chi connectivity index (χ1v) is 9.77. The summed E-state index contributed by atoms with van der Waals surface area (Å²) in [5.41, 5.74) is 10.1. The predicted octanol–water partition coefficient (Wildman–Crippen LogP) is 3.10. The van der Waals surface area contributed by atoms with Gasteiger partial charge in [0.1, 0.15) is 0 Å². The van der Waals surface area contributed by atoms with Crippen LogP contribution in [0, 0.1) is 13.8 Å². The van der Waals surface area contributed by atoms with Crippen LogP contribution in [0.4, 0.5) is 0 Å². The zero-order valence-corrected chi connectivity index (χ0v) is 19.5. The number of nitrogens with two attached hydrogens (primary N) is 1. The van der Waals surface area contributed by atoms with Gasteiger partial charge in [-0.1, -0.05) is 0 Å². The number of aromatic nitrogens is 3. The Morgan fingerprint density at radius 1 is 1.31 bits per heavy atom. The molecule has 9 heteroatoms. The van der Waals surface area contributed by atoms with Crippen molar-refractivity contribution in [3.63, 3.8) is 0 Å². The van der Waals surface area contributed by atoms with Crippen molar-refractivity contribution in [2.75, 3.05) is 13.7 Å². The molecule has 1 aliphatic rings. The molecule has 2 atom stereocenters. The number of halogens is 2. The monoisotopic (exact) mass is 445 g/mol. The molecule has 164 valence electrons. The molecular formula is C20H33Cl2N5O2. The van der Waals surface area contributed by atoms with Gasteiger partial charge in [-0.3, -0.25) is 4.79 Å². The third-order valence-electron chi connectivity index (χ3n) is 5.78. The van der Waals surface area contributed by atoms with Crippen molar-refractivity contribution in [3.05, 3.63) is 16.8 Å². The molecule has 1 amide bonds. The lowest BCUT2D eigenvalue weighted by Gasteiger charge is -2.38. The molecule has 0 saturated carbocycles. The molecule has 2 N–H and O–H groups in total. The number of carbonyl (C=O) groups is 1. The second-order valence-corrected chi connectivity index (χ2v) is 7.64. The van der Waals surface area contributed by atoms with Crippen molar-refractivity contribution in [1.82, 2.24) is 19.7 Å². The lowest BCUT2D eigenvalue weighted by Crippen LogP contribution is -2.51. The predicted molar refractivity (Wildman–Crippen MR) is 120 cm³/mol. The number of hydrogen-bond donors (Lipinski definition) is 1. The summed E-state index contributed by atoms with van der Waals surface area (Å²) in [5.74, 6) is 0.771. The number of nitrogens with zero attached hydrogens (tertiary/aromatic N) is 4. The van der Waals surface area contributed by atoms with Gasteiger partial charge in [0.2, 0.25) is 11.8 Å². The maximum atomic E-state index is 12.9. The van der Waals surface area contributed by atoms with Crippen LogP contribution in [-0.2, 0) is 18.3 Å². The third-order valence-corrected chi connectivity index (χ3v) is 5.78. The number of methoxy groups -OCH3 is 1. The highest BCUT2D eigenvalue weighted by atomic mass is 35.5. The van der Waals surface area contributed by atoms with E-state index in [0.717, 1.165) is 53.7 Å². The van der Waals surface area contributed by atoms with Crippen molar-refractivity contribution in [2.45, 2.75) is 65.0 Å². The zero-order chi connectivity index (χ0) is 19.7. The topological polar surface area (TPSA) is 86.3 Å². The summed E-state index contributed by atoms with van der Waals surface area (Å²) in [6.07, 6.45) is 4.35. The first-order valence-electron chi connectivity index (χ1n) is 9.77. The summed E-state index contributed by atoms with van der Waals surface area (Å²) in [7, 11) is 3.49. The minimum Gasteiger partial charge on any atom is -0.479 e. The molecule has 0 spiro atoms. The smallest absolute Gasteiger partial charge is 0.242 e. The van der Waals surface area contributed by atoms with E-state index in [9.17, 15) is 4.79 Å². The van der Waals surface area contributed by atoms with Crippen LogP contribution in [0.25, 0.3) is 11.0 Å². The van der Waals surface area contributed by atoms with E-state index in [1.165, 1.54) is 0 Å². The van der Waals surface area contributed by atoms with Crippen molar-refractivity contribution in [3.8, 4) is 5.88 Å². The van der Waals surface area contributed by atoms with Crippen LogP contribution in [0.15, 0.2) is 0 Å². The fraction of sp³-hybridized carbons (Fsp3) is 0.650. The molecule has 0 bridgehead atoms. The fourth-order valence-corrected chi connectivity index (χ4v) is 4.30. The van der Waals surface area contributed by atoms with Gasteiger partial charge in [0, 0.05) is 37.8 Å². The number of pyridine rings is 1. The number of likely N-dealkylation sites (tertiary alicyclic amines) is 1. The van der Waals surface area contributed by atoms with Gasteiger partial charge in [-0.15, -0.1) is 29.9 Å². The largest absolute Gasteiger partial charge is 0.479 e. The second kappa shape index (κ2) is 10.5. The van der Waals surface area contributed by atoms with Crippen LogP contribution < -0.4 is 10.5 Å². The lowest BCUT2D eigenvalue weighted by atomic mass is 9.95. The average Bonchev–Trinajstić information content (AvgIpc) is 2.97. The number of rotatable bonds is 5. The van der Waals surface area contributed by atoms with Gasteiger partial charge in [-0.25, -0.2) is 9.67 Å². The maximum Gasteiger partial charge on any atom is 0.242 e. The van der Waals surface area contributed by atoms with E-state index in [4.69, 9.17) is 15.5 Å². The minimum atomic E-state index is 0. The van der Waals surface area contributed by atoms with Gasteiger partial charge < -0.3 is 15.4 Å². The normalized spacial score (nSPS) is 17.4. The number of piperidine rings is 1. The minimum absolute atomic E-state index is 0. The van der Waals surface area contributed by atoms with Gasteiger partial charge in [0.05, 0.1) is 12.5 Å². The molecular weight excluding hydrogens is 413 g/mol. The Balaban J connectivity index is 0.00000210. The van der Waals surface area contributed by atoms with Crippen LogP contribution in [0.5, 0.6) is 5.88 Å². The molecule has 2 aromatic rings. The van der Waals surface area contributed by atoms with E-state index in [-0.39, 0.29) is 42.8 Å². The van der Waals surface area contributed by atoms with Gasteiger partial charge in [-0.05, 0) is 57.6 Å². The number of amides is 1. The van der Waals surface area contributed by atoms with E-state index in [0.29, 0.717) is 18.7 Å². The second-order valence-electron chi connectivity index (χ2n) is 7.64. The summed E-state index contributed by atoms with van der Waals surface area (Å²) < 4.78 is 7.16. The molecule has 1 saturated heterocycles. The van der Waals surface area contributed by atoms with Gasteiger partial charge >= 0.3 is 0 Å². The highest BCUT2D eigenvalue weighted by molar-refractivity contribution is 5.86. The molecule has 0 radical (unpaired) electrons. The molecule has 2 aromatic heterocycles. The maximum absolute atomic E-state index is 12.9. The van der Waals surface area contributed by atoms with Crippen molar-refractivity contribution >= 4 is 41.8 Å². The molecule has 29 heavy (non-hydrogen) atoms. The van der Waals surface area contributed by atoms with E-state index >= 15 is 0 Å². The number of ether oxygens (including phenoxy) is 1. The van der Waals surface area contributed by atoms with Crippen molar-refractivity contribution < 1.29 is 9.53 Å². The fourth-order valence-electron chi connectivity index (χ4n) is 4.30. The summed E-state index contributed by atoms with van der Waals surface area (Å²) in [6.45, 7) is 6.87. The Kier molecular flexibility index (Phi) is 9.18. The number of aryl methyl sites for hydroxylation is 3. The highest BCUT2D eigenvalue weighted by Crippen LogP contribution is 2.30. The molecule has 1 fully saturated rings. The SMILES string of the molecule is COc1nn(C)c2nc(C)c(CCC(=O)N3CCCCC3C(C)N)c(C)c12.Cl.Cl.